The molecule has 2 aromatic carbocycles. The Bertz CT molecular complexity index is 672. The standard InChI is InChI=1S/C17H14F2O2/c18-15-5-3-6-17(11-15)21-12-14-7-8-16(19)10-13(14)4-1-2-9-20/h3,5-8,10-11,20H,2,9,12H2. The highest BCUT2D eigenvalue weighted by molar-refractivity contribution is 5.41. The number of hydrogen-bond donors (Lipinski definition) is 1. The van der Waals surface area contributed by atoms with Crippen LogP contribution in [-0.2, 0) is 6.61 Å². The molecule has 0 heterocycles. The highest BCUT2D eigenvalue weighted by atomic mass is 19.1. The zero-order valence-corrected chi connectivity index (χ0v) is 11.3. The summed E-state index contributed by atoms with van der Waals surface area (Å²) in [6.07, 6.45) is 0.320. The van der Waals surface area contributed by atoms with E-state index in [0.29, 0.717) is 23.3 Å². The van der Waals surface area contributed by atoms with Gasteiger partial charge in [0.2, 0.25) is 0 Å². The molecule has 2 rings (SSSR count). The molecule has 0 radical (unpaired) electrons. The fourth-order valence-electron chi connectivity index (χ4n) is 1.72. The SMILES string of the molecule is OCCC#Cc1cc(F)ccc1COc1cccc(F)c1. The Hall–Kier alpha value is -2.38. The van der Waals surface area contributed by atoms with Crippen LogP contribution in [0.15, 0.2) is 42.5 Å². The molecule has 0 aliphatic carbocycles. The van der Waals surface area contributed by atoms with Gasteiger partial charge in [-0.3, -0.25) is 0 Å². The quantitative estimate of drug-likeness (QED) is 0.875. The van der Waals surface area contributed by atoms with Crippen molar-refractivity contribution < 1.29 is 18.6 Å². The normalized spacial score (nSPS) is 9.86. The van der Waals surface area contributed by atoms with Crippen molar-refractivity contribution in [3.8, 4) is 17.6 Å². The summed E-state index contributed by atoms with van der Waals surface area (Å²) in [4.78, 5) is 0. The van der Waals surface area contributed by atoms with Crippen LogP contribution in [0.2, 0.25) is 0 Å². The zero-order valence-electron chi connectivity index (χ0n) is 11.3. The third-order valence-electron chi connectivity index (χ3n) is 2.72. The van der Waals surface area contributed by atoms with Crippen LogP contribution >= 0.6 is 0 Å². The Balaban J connectivity index is 2.14. The van der Waals surface area contributed by atoms with Crippen molar-refractivity contribution in [3.63, 3.8) is 0 Å². The molecule has 0 saturated carbocycles. The first kappa shape index (κ1) is 15.0. The summed E-state index contributed by atoms with van der Waals surface area (Å²) in [6, 6.07) is 10.0. The molecule has 0 fully saturated rings. The van der Waals surface area contributed by atoms with Crippen LogP contribution in [0.5, 0.6) is 5.75 Å². The lowest BCUT2D eigenvalue weighted by Crippen LogP contribution is -1.99. The fourth-order valence-corrected chi connectivity index (χ4v) is 1.72. The van der Waals surface area contributed by atoms with Crippen LogP contribution in [-0.4, -0.2) is 11.7 Å². The minimum Gasteiger partial charge on any atom is -0.489 e. The molecule has 2 nitrogen and oxygen atoms in total. The molecule has 4 heteroatoms. The van der Waals surface area contributed by atoms with Crippen molar-refractivity contribution in [1.29, 1.82) is 0 Å². The Morgan fingerprint density at radius 2 is 1.86 bits per heavy atom. The molecule has 1 N–H and O–H groups in total. The Morgan fingerprint density at radius 1 is 1.05 bits per heavy atom. The summed E-state index contributed by atoms with van der Waals surface area (Å²) in [5, 5.41) is 8.71. The molecule has 0 amide bonds. The Morgan fingerprint density at radius 3 is 2.62 bits per heavy atom. The maximum absolute atomic E-state index is 13.3. The molecule has 0 saturated heterocycles. The molecule has 0 bridgehead atoms. The van der Waals surface area contributed by atoms with Gasteiger partial charge in [0.05, 0.1) is 6.61 Å². The number of aliphatic hydroxyl groups excluding tert-OH is 1. The molecule has 21 heavy (non-hydrogen) atoms. The molecular formula is C17H14F2O2. The molecule has 2 aromatic rings. The summed E-state index contributed by atoms with van der Waals surface area (Å²) in [6.45, 7) is 0.115. The maximum Gasteiger partial charge on any atom is 0.126 e. The molecule has 0 unspecified atom stereocenters. The summed E-state index contributed by atoms with van der Waals surface area (Å²) in [7, 11) is 0. The van der Waals surface area contributed by atoms with E-state index in [4.69, 9.17) is 9.84 Å². The molecular weight excluding hydrogens is 274 g/mol. The maximum atomic E-state index is 13.3. The van der Waals surface area contributed by atoms with E-state index in [0.717, 1.165) is 0 Å². The van der Waals surface area contributed by atoms with Gasteiger partial charge in [0.1, 0.15) is 24.0 Å². The van der Waals surface area contributed by atoms with Crippen molar-refractivity contribution in [2.45, 2.75) is 13.0 Å². The van der Waals surface area contributed by atoms with E-state index in [1.54, 1.807) is 18.2 Å². The van der Waals surface area contributed by atoms with E-state index in [-0.39, 0.29) is 19.0 Å². The van der Waals surface area contributed by atoms with Gasteiger partial charge in [-0.1, -0.05) is 24.0 Å². The number of aliphatic hydroxyl groups is 1. The smallest absolute Gasteiger partial charge is 0.126 e. The van der Waals surface area contributed by atoms with Gasteiger partial charge in [0.15, 0.2) is 0 Å². The number of benzene rings is 2. The minimum atomic E-state index is -0.391. The lowest BCUT2D eigenvalue weighted by atomic mass is 10.1. The van der Waals surface area contributed by atoms with Crippen molar-refractivity contribution in [2.75, 3.05) is 6.61 Å². The average molecular weight is 288 g/mol. The molecule has 0 aromatic heterocycles. The third kappa shape index (κ3) is 4.59. The zero-order chi connectivity index (χ0) is 15.1. The fraction of sp³-hybridized carbons (Fsp3) is 0.176. The highest BCUT2D eigenvalue weighted by Crippen LogP contribution is 2.16. The predicted molar refractivity (Wildman–Crippen MR) is 75.7 cm³/mol. The molecule has 0 spiro atoms. The second-order valence-corrected chi connectivity index (χ2v) is 4.32. The summed E-state index contributed by atoms with van der Waals surface area (Å²) in [5.74, 6) is 5.17. The summed E-state index contributed by atoms with van der Waals surface area (Å²) >= 11 is 0. The molecule has 0 aliphatic rings. The third-order valence-corrected chi connectivity index (χ3v) is 2.72. The average Bonchev–Trinajstić information content (AvgIpc) is 2.47. The highest BCUT2D eigenvalue weighted by Gasteiger charge is 2.04. The van der Waals surface area contributed by atoms with Gasteiger partial charge < -0.3 is 9.84 Å². The van der Waals surface area contributed by atoms with Crippen LogP contribution in [0, 0.1) is 23.5 Å². The van der Waals surface area contributed by atoms with Gasteiger partial charge in [-0.2, -0.15) is 0 Å². The van der Waals surface area contributed by atoms with E-state index >= 15 is 0 Å². The van der Waals surface area contributed by atoms with Crippen LogP contribution < -0.4 is 4.74 Å². The van der Waals surface area contributed by atoms with Crippen molar-refractivity contribution >= 4 is 0 Å². The van der Waals surface area contributed by atoms with E-state index < -0.39 is 5.82 Å². The first-order chi connectivity index (χ1) is 10.2. The topological polar surface area (TPSA) is 29.5 Å². The van der Waals surface area contributed by atoms with Crippen LogP contribution in [0.1, 0.15) is 17.5 Å². The monoisotopic (exact) mass is 288 g/mol. The molecule has 108 valence electrons. The van der Waals surface area contributed by atoms with Crippen molar-refractivity contribution in [2.24, 2.45) is 0 Å². The van der Waals surface area contributed by atoms with Gasteiger partial charge in [-0.25, -0.2) is 8.78 Å². The first-order valence-electron chi connectivity index (χ1n) is 6.45. The Kier molecular flexibility index (Phi) is 5.30. The van der Waals surface area contributed by atoms with E-state index in [1.807, 2.05) is 0 Å². The van der Waals surface area contributed by atoms with Gasteiger partial charge in [-0.05, 0) is 24.3 Å². The van der Waals surface area contributed by atoms with Crippen molar-refractivity contribution in [1.82, 2.24) is 0 Å². The molecule has 0 aliphatic heterocycles. The second kappa shape index (κ2) is 7.41. The largest absolute Gasteiger partial charge is 0.489 e. The van der Waals surface area contributed by atoms with Gasteiger partial charge in [0, 0.05) is 23.6 Å². The van der Waals surface area contributed by atoms with E-state index in [2.05, 4.69) is 11.8 Å². The lowest BCUT2D eigenvalue weighted by Gasteiger charge is -2.08. The lowest BCUT2D eigenvalue weighted by molar-refractivity contribution is 0.304. The van der Waals surface area contributed by atoms with Gasteiger partial charge >= 0.3 is 0 Å². The van der Waals surface area contributed by atoms with Crippen LogP contribution in [0.25, 0.3) is 0 Å². The van der Waals surface area contributed by atoms with Gasteiger partial charge in [-0.15, -0.1) is 0 Å². The van der Waals surface area contributed by atoms with E-state index in [9.17, 15) is 8.78 Å². The number of halogens is 2. The van der Waals surface area contributed by atoms with E-state index in [1.165, 1.54) is 24.3 Å². The number of hydrogen-bond acceptors (Lipinski definition) is 2. The molecule has 0 atom stereocenters. The second-order valence-electron chi connectivity index (χ2n) is 4.32. The minimum absolute atomic E-state index is 0.0442. The summed E-state index contributed by atoms with van der Waals surface area (Å²) in [5.41, 5.74) is 1.20. The van der Waals surface area contributed by atoms with Gasteiger partial charge in [0.25, 0.3) is 0 Å². The number of ether oxygens (including phenoxy) is 1. The number of rotatable bonds is 4. The first-order valence-corrected chi connectivity index (χ1v) is 6.45. The van der Waals surface area contributed by atoms with Crippen LogP contribution in [0.4, 0.5) is 8.78 Å². The van der Waals surface area contributed by atoms with Crippen molar-refractivity contribution in [3.05, 3.63) is 65.2 Å². The predicted octanol–water partition coefficient (Wildman–Crippen LogP) is 3.28. The van der Waals surface area contributed by atoms with Crippen LogP contribution in [0.3, 0.4) is 0 Å². The Labute approximate surface area is 122 Å². The summed E-state index contributed by atoms with van der Waals surface area (Å²) < 4.78 is 31.8.